The largest absolute Gasteiger partial charge is 0.368 e. The molecule has 0 bridgehead atoms. The number of anilines is 2. The first-order chi connectivity index (χ1) is 17.2. The van der Waals surface area contributed by atoms with Crippen LogP contribution in [0.2, 0.25) is 0 Å². The molecule has 0 aromatic heterocycles. The zero-order valence-electron chi connectivity index (χ0n) is 21.4. The van der Waals surface area contributed by atoms with E-state index in [2.05, 4.69) is 64.3 Å². The number of rotatable bonds is 8. The lowest BCUT2D eigenvalue weighted by molar-refractivity contribution is -0.111. The fraction of sp³-hybridized carbons (Fsp3) is 0.407. The summed E-state index contributed by atoms with van der Waals surface area (Å²) >= 11 is 0. The van der Waals surface area contributed by atoms with E-state index in [0.29, 0.717) is 18.8 Å². The summed E-state index contributed by atoms with van der Waals surface area (Å²) in [7, 11) is 4.02. The molecule has 36 heavy (non-hydrogen) atoms. The first kappa shape index (κ1) is 25.7. The summed E-state index contributed by atoms with van der Waals surface area (Å²) in [4.78, 5) is 29.3. The molecule has 0 saturated carbocycles. The minimum atomic E-state index is -0.405. The van der Waals surface area contributed by atoms with Crippen LogP contribution in [-0.2, 0) is 4.79 Å². The number of amides is 3. The normalized spacial score (nSPS) is 23.1. The van der Waals surface area contributed by atoms with Crippen LogP contribution in [0.15, 0.2) is 67.3 Å². The molecule has 0 spiro atoms. The quantitative estimate of drug-likeness (QED) is 0.364. The topological polar surface area (TPSA) is 101 Å². The molecule has 2 saturated heterocycles. The number of hydrazine groups is 1. The number of likely N-dealkylation sites (N-methyl/N-ethyl adjacent to an activating group) is 1. The van der Waals surface area contributed by atoms with E-state index in [1.165, 1.54) is 6.08 Å². The summed E-state index contributed by atoms with van der Waals surface area (Å²) in [6, 6.07) is 17.5. The lowest BCUT2D eigenvalue weighted by atomic mass is 9.90. The highest BCUT2D eigenvalue weighted by Gasteiger charge is 2.55. The fourth-order valence-electron chi connectivity index (χ4n) is 5.17. The van der Waals surface area contributed by atoms with E-state index in [4.69, 9.17) is 0 Å². The van der Waals surface area contributed by atoms with Crippen LogP contribution in [0.3, 0.4) is 0 Å². The highest BCUT2D eigenvalue weighted by molar-refractivity contribution is 5.99. The molecule has 9 heteroatoms. The number of likely N-dealkylation sites (tertiary alicyclic amines) is 1. The van der Waals surface area contributed by atoms with Crippen molar-refractivity contribution < 1.29 is 9.59 Å². The van der Waals surface area contributed by atoms with Crippen molar-refractivity contribution in [2.45, 2.75) is 37.6 Å². The molecule has 2 aliphatic rings. The molecule has 4 rings (SSSR count). The summed E-state index contributed by atoms with van der Waals surface area (Å²) < 4.78 is 0. The van der Waals surface area contributed by atoms with E-state index in [9.17, 15) is 9.59 Å². The maximum Gasteiger partial charge on any atom is 0.318 e. The Kier molecular flexibility index (Phi) is 7.63. The summed E-state index contributed by atoms with van der Waals surface area (Å²) in [6.45, 7) is 9.00. The molecule has 2 heterocycles. The van der Waals surface area contributed by atoms with Gasteiger partial charge in [0.05, 0.1) is 23.8 Å². The van der Waals surface area contributed by atoms with Crippen LogP contribution >= 0.6 is 0 Å². The van der Waals surface area contributed by atoms with Crippen LogP contribution < -0.4 is 26.8 Å². The molecule has 2 fully saturated rings. The molecule has 2 aromatic rings. The van der Waals surface area contributed by atoms with Gasteiger partial charge in [-0.05, 0) is 57.8 Å². The molecule has 2 aromatic carbocycles. The number of nitrogens with one attached hydrogen (secondary N) is 5. The number of carbonyl (C=O) groups excluding carboxylic acids is 2. The van der Waals surface area contributed by atoms with Crippen molar-refractivity contribution >= 4 is 23.3 Å². The van der Waals surface area contributed by atoms with Gasteiger partial charge in [0.15, 0.2) is 0 Å². The molecule has 3 unspecified atom stereocenters. The molecule has 0 aliphatic carbocycles. The molecule has 3 amide bonds. The van der Waals surface area contributed by atoms with Crippen molar-refractivity contribution in [2.24, 2.45) is 5.92 Å². The third kappa shape index (κ3) is 5.53. The number of carbonyl (C=O) groups is 2. The summed E-state index contributed by atoms with van der Waals surface area (Å²) in [5.74, 6) is -0.115. The molecule has 192 valence electrons. The number of fused-ring (bicyclic) bond motifs is 1. The van der Waals surface area contributed by atoms with Crippen LogP contribution in [-0.4, -0.2) is 66.7 Å². The Morgan fingerprint density at radius 1 is 1.14 bits per heavy atom. The Morgan fingerprint density at radius 3 is 2.56 bits per heavy atom. The first-order valence-electron chi connectivity index (χ1n) is 12.3. The number of hydrogen-bond acceptors (Lipinski definition) is 6. The van der Waals surface area contributed by atoms with Gasteiger partial charge in [-0.25, -0.2) is 10.2 Å². The molecular weight excluding hydrogens is 454 g/mol. The standard InChI is InChI=1S/C27H37N7O2/c1-6-23(35)28-19-13-10-14-20(15-19)29-25-21-16-34(27(2,3)24(21)31-32-25)26(36)30-22(17-33(4)5)18-11-8-7-9-12-18/h6-15,21-22,24-25,29,31-32H,1,16-17H2,2-5H3,(H,28,35)(H,30,36)/t21?,22-,24?,25?/m1/s1. The summed E-state index contributed by atoms with van der Waals surface area (Å²) in [6.07, 6.45) is 1.15. The van der Waals surface area contributed by atoms with Gasteiger partial charge in [-0.3, -0.25) is 10.2 Å². The second-order valence-electron chi connectivity index (χ2n) is 10.3. The van der Waals surface area contributed by atoms with Gasteiger partial charge >= 0.3 is 6.03 Å². The van der Waals surface area contributed by atoms with E-state index in [-0.39, 0.29) is 36.1 Å². The van der Waals surface area contributed by atoms with Crippen molar-refractivity contribution in [3.05, 3.63) is 72.8 Å². The average molecular weight is 492 g/mol. The minimum absolute atomic E-state index is 0.0634. The van der Waals surface area contributed by atoms with Crippen molar-refractivity contribution in [2.75, 3.05) is 37.8 Å². The van der Waals surface area contributed by atoms with Crippen LogP contribution in [0.25, 0.3) is 0 Å². The predicted molar refractivity (Wildman–Crippen MR) is 143 cm³/mol. The Labute approximate surface area is 213 Å². The Balaban J connectivity index is 1.46. The van der Waals surface area contributed by atoms with Crippen molar-refractivity contribution in [3.63, 3.8) is 0 Å². The van der Waals surface area contributed by atoms with Crippen LogP contribution in [0.4, 0.5) is 16.2 Å². The van der Waals surface area contributed by atoms with Gasteiger partial charge in [0.1, 0.15) is 0 Å². The van der Waals surface area contributed by atoms with E-state index in [1.54, 1.807) is 0 Å². The lowest BCUT2D eigenvalue weighted by Gasteiger charge is -2.37. The molecular formula is C27H37N7O2. The van der Waals surface area contributed by atoms with E-state index in [0.717, 1.165) is 11.3 Å². The monoisotopic (exact) mass is 491 g/mol. The third-order valence-corrected chi connectivity index (χ3v) is 7.03. The molecule has 0 radical (unpaired) electrons. The average Bonchev–Trinajstić information content (AvgIpc) is 3.36. The van der Waals surface area contributed by atoms with Gasteiger partial charge in [0, 0.05) is 30.4 Å². The van der Waals surface area contributed by atoms with Gasteiger partial charge in [0.2, 0.25) is 5.91 Å². The second kappa shape index (κ2) is 10.7. The highest BCUT2D eigenvalue weighted by atomic mass is 16.2. The van der Waals surface area contributed by atoms with Crippen LogP contribution in [0.1, 0.15) is 25.5 Å². The van der Waals surface area contributed by atoms with E-state index < -0.39 is 5.54 Å². The van der Waals surface area contributed by atoms with Crippen molar-refractivity contribution in [3.8, 4) is 0 Å². The number of benzene rings is 2. The Bertz CT molecular complexity index is 1090. The first-order valence-corrected chi connectivity index (χ1v) is 12.3. The van der Waals surface area contributed by atoms with Gasteiger partial charge in [-0.15, -0.1) is 0 Å². The van der Waals surface area contributed by atoms with Gasteiger partial charge in [-0.2, -0.15) is 0 Å². The summed E-state index contributed by atoms with van der Waals surface area (Å²) in [5, 5.41) is 9.58. The van der Waals surface area contributed by atoms with E-state index >= 15 is 0 Å². The zero-order valence-corrected chi connectivity index (χ0v) is 21.4. The lowest BCUT2D eigenvalue weighted by Crippen LogP contribution is -2.57. The predicted octanol–water partition coefficient (Wildman–Crippen LogP) is 2.75. The Hall–Kier alpha value is -3.40. The second-order valence-corrected chi connectivity index (χ2v) is 10.3. The van der Waals surface area contributed by atoms with E-state index in [1.807, 2.05) is 61.5 Å². The molecule has 2 aliphatic heterocycles. The summed E-state index contributed by atoms with van der Waals surface area (Å²) in [5.41, 5.74) is 9.00. The zero-order chi connectivity index (χ0) is 25.9. The Morgan fingerprint density at radius 2 is 1.86 bits per heavy atom. The molecule has 9 nitrogen and oxygen atoms in total. The molecule has 5 N–H and O–H groups in total. The number of urea groups is 1. The minimum Gasteiger partial charge on any atom is -0.368 e. The van der Waals surface area contributed by atoms with Crippen molar-refractivity contribution in [1.82, 2.24) is 26.0 Å². The highest BCUT2D eigenvalue weighted by Crippen LogP contribution is 2.38. The maximum atomic E-state index is 13.6. The van der Waals surface area contributed by atoms with Gasteiger partial charge in [-0.1, -0.05) is 43.0 Å². The van der Waals surface area contributed by atoms with Crippen molar-refractivity contribution in [1.29, 1.82) is 0 Å². The number of hydrogen-bond donors (Lipinski definition) is 5. The van der Waals surface area contributed by atoms with Crippen LogP contribution in [0, 0.1) is 5.92 Å². The third-order valence-electron chi connectivity index (χ3n) is 7.03. The SMILES string of the molecule is C=CC(=O)Nc1cccc(NC2NNC3C2CN(C(=O)N[C@H](CN(C)C)c2ccccc2)C3(C)C)c1. The number of nitrogens with zero attached hydrogens (tertiary/aromatic N) is 2. The molecule has 4 atom stereocenters. The maximum absolute atomic E-state index is 13.6. The smallest absolute Gasteiger partial charge is 0.318 e. The van der Waals surface area contributed by atoms with Gasteiger partial charge in [0.25, 0.3) is 0 Å². The fourth-order valence-corrected chi connectivity index (χ4v) is 5.17. The van der Waals surface area contributed by atoms with Gasteiger partial charge < -0.3 is 25.8 Å². The van der Waals surface area contributed by atoms with Crippen LogP contribution in [0.5, 0.6) is 0 Å².